The summed E-state index contributed by atoms with van der Waals surface area (Å²) in [6, 6.07) is 15.9. The number of methoxy groups -OCH3 is 1. The van der Waals surface area contributed by atoms with E-state index in [4.69, 9.17) is 22.1 Å². The van der Waals surface area contributed by atoms with Crippen LogP contribution >= 0.6 is 11.6 Å². The van der Waals surface area contributed by atoms with Crippen LogP contribution < -0.4 is 15.4 Å². The van der Waals surface area contributed by atoms with Crippen LogP contribution in [0.25, 0.3) is 0 Å². The average molecular weight is 305 g/mol. The van der Waals surface area contributed by atoms with Gasteiger partial charge in [0.25, 0.3) is 0 Å². The van der Waals surface area contributed by atoms with Crippen LogP contribution in [0.5, 0.6) is 5.75 Å². The van der Waals surface area contributed by atoms with E-state index in [1.165, 1.54) is 0 Å². The molecule has 0 heterocycles. The minimum Gasteiger partial charge on any atom is -0.496 e. The fraction of sp³-hybridized carbons (Fsp3) is 0.294. The summed E-state index contributed by atoms with van der Waals surface area (Å²) in [6.07, 6.45) is 0. The first-order valence-electron chi connectivity index (χ1n) is 7.07. The molecule has 0 spiro atoms. The molecule has 0 bridgehead atoms. The zero-order valence-electron chi connectivity index (χ0n) is 12.4. The van der Waals surface area contributed by atoms with E-state index >= 15 is 0 Å². The van der Waals surface area contributed by atoms with Crippen molar-refractivity contribution in [2.45, 2.75) is 13.0 Å². The summed E-state index contributed by atoms with van der Waals surface area (Å²) < 4.78 is 5.47. The summed E-state index contributed by atoms with van der Waals surface area (Å²) in [5.74, 6) is 0.771. The van der Waals surface area contributed by atoms with Crippen molar-refractivity contribution in [2.75, 3.05) is 25.1 Å². The smallest absolute Gasteiger partial charge is 0.125 e. The Labute approximate surface area is 131 Å². The Hall–Kier alpha value is -1.71. The number of hydrogen-bond acceptors (Lipinski definition) is 3. The van der Waals surface area contributed by atoms with E-state index in [1.807, 2.05) is 36.4 Å². The van der Waals surface area contributed by atoms with Crippen molar-refractivity contribution in [3.8, 4) is 5.75 Å². The highest BCUT2D eigenvalue weighted by Gasteiger charge is 2.24. The standard InChI is InChI=1S/C17H21ClN2O/c1-3-20(13-8-5-4-6-9-13)15(12-19)17-14(18)10-7-11-16(17)21-2/h4-11,15H,3,12,19H2,1-2H3. The number of anilines is 1. The van der Waals surface area contributed by atoms with E-state index in [0.717, 1.165) is 23.5 Å². The third-order valence-corrected chi connectivity index (χ3v) is 3.92. The number of hydrogen-bond donors (Lipinski definition) is 1. The Bertz CT molecular complexity index is 574. The van der Waals surface area contributed by atoms with Crippen molar-refractivity contribution in [1.29, 1.82) is 0 Å². The highest BCUT2D eigenvalue weighted by Crippen LogP contribution is 2.36. The lowest BCUT2D eigenvalue weighted by atomic mass is 10.0. The first kappa shape index (κ1) is 15.7. The van der Waals surface area contributed by atoms with Gasteiger partial charge < -0.3 is 15.4 Å². The van der Waals surface area contributed by atoms with Crippen LogP contribution in [-0.4, -0.2) is 20.2 Å². The number of nitrogens with two attached hydrogens (primary N) is 1. The molecule has 1 atom stereocenters. The first-order chi connectivity index (χ1) is 10.2. The summed E-state index contributed by atoms with van der Waals surface area (Å²) in [4.78, 5) is 2.24. The van der Waals surface area contributed by atoms with Crippen LogP contribution in [0, 0.1) is 0 Å². The number of ether oxygens (including phenoxy) is 1. The molecule has 0 radical (unpaired) electrons. The fourth-order valence-corrected chi connectivity index (χ4v) is 2.91. The summed E-state index contributed by atoms with van der Waals surface area (Å²) >= 11 is 6.41. The van der Waals surface area contributed by atoms with Crippen LogP contribution in [0.3, 0.4) is 0 Å². The van der Waals surface area contributed by atoms with E-state index in [0.29, 0.717) is 11.6 Å². The maximum absolute atomic E-state index is 6.41. The third-order valence-electron chi connectivity index (χ3n) is 3.59. The minimum absolute atomic E-state index is 0.0268. The van der Waals surface area contributed by atoms with E-state index in [1.54, 1.807) is 7.11 Å². The van der Waals surface area contributed by atoms with Gasteiger partial charge in [0.15, 0.2) is 0 Å². The Morgan fingerprint density at radius 2 is 1.86 bits per heavy atom. The van der Waals surface area contributed by atoms with Crippen LogP contribution in [0.4, 0.5) is 5.69 Å². The molecular formula is C17H21ClN2O. The van der Waals surface area contributed by atoms with Gasteiger partial charge in [-0.1, -0.05) is 35.9 Å². The topological polar surface area (TPSA) is 38.5 Å². The normalized spacial score (nSPS) is 12.0. The monoisotopic (exact) mass is 304 g/mol. The molecule has 0 saturated carbocycles. The molecule has 0 aromatic heterocycles. The van der Waals surface area contributed by atoms with Gasteiger partial charge in [-0.05, 0) is 31.2 Å². The second-order valence-corrected chi connectivity index (χ2v) is 5.14. The highest BCUT2D eigenvalue weighted by molar-refractivity contribution is 6.31. The molecule has 3 nitrogen and oxygen atoms in total. The maximum Gasteiger partial charge on any atom is 0.125 e. The van der Waals surface area contributed by atoms with Gasteiger partial charge in [-0.2, -0.15) is 0 Å². The molecule has 2 rings (SSSR count). The Morgan fingerprint density at radius 3 is 2.43 bits per heavy atom. The largest absolute Gasteiger partial charge is 0.496 e. The van der Waals surface area contributed by atoms with Crippen molar-refractivity contribution in [3.63, 3.8) is 0 Å². The SMILES string of the molecule is CCN(c1ccccc1)C(CN)c1c(Cl)cccc1OC. The quantitative estimate of drug-likeness (QED) is 0.880. The molecular weight excluding hydrogens is 284 g/mol. The average Bonchev–Trinajstić information content (AvgIpc) is 2.53. The Morgan fingerprint density at radius 1 is 1.14 bits per heavy atom. The molecule has 1 unspecified atom stereocenters. The lowest BCUT2D eigenvalue weighted by molar-refractivity contribution is 0.404. The predicted molar refractivity (Wildman–Crippen MR) is 89.3 cm³/mol. The van der Waals surface area contributed by atoms with Gasteiger partial charge in [-0.25, -0.2) is 0 Å². The number of likely N-dealkylation sites (N-methyl/N-ethyl adjacent to an activating group) is 1. The Balaban J connectivity index is 2.48. The van der Waals surface area contributed by atoms with Crippen molar-refractivity contribution in [1.82, 2.24) is 0 Å². The molecule has 0 aliphatic heterocycles. The number of halogens is 1. The predicted octanol–water partition coefficient (Wildman–Crippen LogP) is 3.87. The molecule has 0 aliphatic carbocycles. The van der Waals surface area contributed by atoms with Gasteiger partial charge in [-0.3, -0.25) is 0 Å². The number of benzene rings is 2. The maximum atomic E-state index is 6.41. The van der Waals surface area contributed by atoms with Gasteiger partial charge in [0.2, 0.25) is 0 Å². The molecule has 21 heavy (non-hydrogen) atoms. The molecule has 4 heteroatoms. The summed E-state index contributed by atoms with van der Waals surface area (Å²) in [5, 5.41) is 0.680. The van der Waals surface area contributed by atoms with E-state index < -0.39 is 0 Å². The molecule has 0 amide bonds. The highest BCUT2D eigenvalue weighted by atomic mass is 35.5. The van der Waals surface area contributed by atoms with E-state index in [9.17, 15) is 0 Å². The van der Waals surface area contributed by atoms with Crippen LogP contribution in [0.2, 0.25) is 5.02 Å². The summed E-state index contributed by atoms with van der Waals surface area (Å²) in [5.41, 5.74) is 8.12. The summed E-state index contributed by atoms with van der Waals surface area (Å²) in [6.45, 7) is 3.40. The van der Waals surface area contributed by atoms with Gasteiger partial charge in [0.05, 0.1) is 13.2 Å². The van der Waals surface area contributed by atoms with E-state index in [-0.39, 0.29) is 6.04 Å². The van der Waals surface area contributed by atoms with Crippen LogP contribution in [0.1, 0.15) is 18.5 Å². The number of nitrogens with zero attached hydrogens (tertiary/aromatic N) is 1. The minimum atomic E-state index is -0.0268. The van der Waals surface area contributed by atoms with Crippen LogP contribution in [-0.2, 0) is 0 Å². The van der Waals surface area contributed by atoms with Crippen molar-refractivity contribution < 1.29 is 4.74 Å². The number of para-hydroxylation sites is 1. The van der Waals surface area contributed by atoms with Gasteiger partial charge in [0.1, 0.15) is 5.75 Å². The lowest BCUT2D eigenvalue weighted by Crippen LogP contribution is -2.34. The molecule has 2 aromatic rings. The van der Waals surface area contributed by atoms with Gasteiger partial charge >= 0.3 is 0 Å². The van der Waals surface area contributed by atoms with Crippen LogP contribution in [0.15, 0.2) is 48.5 Å². The Kier molecular flexibility index (Phi) is 5.48. The molecule has 0 fully saturated rings. The second kappa shape index (κ2) is 7.34. The first-order valence-corrected chi connectivity index (χ1v) is 7.44. The summed E-state index contributed by atoms with van der Waals surface area (Å²) in [7, 11) is 1.65. The van der Waals surface area contributed by atoms with Crippen molar-refractivity contribution in [2.24, 2.45) is 5.73 Å². The second-order valence-electron chi connectivity index (χ2n) is 4.73. The van der Waals surface area contributed by atoms with E-state index in [2.05, 4.69) is 24.0 Å². The molecule has 2 aromatic carbocycles. The third kappa shape index (κ3) is 3.31. The number of rotatable bonds is 6. The van der Waals surface area contributed by atoms with Crippen molar-refractivity contribution >= 4 is 17.3 Å². The molecule has 0 aliphatic rings. The molecule has 112 valence electrons. The fourth-order valence-electron chi connectivity index (χ4n) is 2.62. The molecule has 0 saturated heterocycles. The van der Waals surface area contributed by atoms with Gasteiger partial charge in [0, 0.05) is 29.4 Å². The zero-order chi connectivity index (χ0) is 15.2. The zero-order valence-corrected chi connectivity index (χ0v) is 13.2. The van der Waals surface area contributed by atoms with Gasteiger partial charge in [-0.15, -0.1) is 0 Å². The molecule has 2 N–H and O–H groups in total. The lowest BCUT2D eigenvalue weighted by Gasteiger charge is -2.33. The van der Waals surface area contributed by atoms with Crippen molar-refractivity contribution in [3.05, 3.63) is 59.1 Å².